The molecule has 3 atom stereocenters. The molecule has 12 heteroatoms. The molecule has 0 saturated carbocycles. The molecule has 0 fully saturated rings. The number of carbonyl (C=O) groups is 2. The number of thiophene rings is 1. The third-order valence-electron chi connectivity index (χ3n) is 7.30. The van der Waals surface area contributed by atoms with Gasteiger partial charge in [0, 0.05) is 30.0 Å². The van der Waals surface area contributed by atoms with Gasteiger partial charge >= 0.3 is 11.9 Å². The fourth-order valence-electron chi connectivity index (χ4n) is 4.82. The average Bonchev–Trinajstić information content (AvgIpc) is 3.55. The second-order valence-electron chi connectivity index (χ2n) is 10.4. The van der Waals surface area contributed by atoms with Crippen molar-refractivity contribution in [2.75, 3.05) is 27.8 Å². The average molecular weight is 688 g/mol. The van der Waals surface area contributed by atoms with Crippen LogP contribution in [-0.2, 0) is 27.2 Å². The number of esters is 2. The molecule has 0 aliphatic carbocycles. The summed E-state index contributed by atoms with van der Waals surface area (Å²) in [6.07, 6.45) is 3.17. The van der Waals surface area contributed by atoms with Gasteiger partial charge in [-0.05, 0) is 48.9 Å². The second kappa shape index (κ2) is 17.3. The van der Waals surface area contributed by atoms with E-state index in [1.807, 2.05) is 56.4 Å². The van der Waals surface area contributed by atoms with E-state index in [1.165, 1.54) is 18.4 Å². The maximum absolute atomic E-state index is 13.5. The van der Waals surface area contributed by atoms with Crippen LogP contribution in [0.3, 0.4) is 0 Å². The Morgan fingerprint density at radius 3 is 2.28 bits per heavy atom. The summed E-state index contributed by atoms with van der Waals surface area (Å²) in [6, 6.07) is 17.6. The number of aromatic nitrogens is 1. The number of carbonyl (C=O) groups excluding carboxylic acids is 2. The van der Waals surface area contributed by atoms with E-state index in [1.54, 1.807) is 37.7 Å². The monoisotopic (exact) mass is 686 g/mol. The van der Waals surface area contributed by atoms with E-state index in [0.29, 0.717) is 57.1 Å². The van der Waals surface area contributed by atoms with E-state index < -0.39 is 18.1 Å². The fraction of sp³-hybridized carbons (Fsp3) is 0.324. The van der Waals surface area contributed by atoms with Gasteiger partial charge in [0.25, 0.3) is 0 Å². The molecule has 0 spiro atoms. The quantitative estimate of drug-likeness (QED) is 0.130. The largest absolute Gasteiger partial charge is 0.493 e. The highest BCUT2D eigenvalue weighted by molar-refractivity contribution is 7.13. The van der Waals surface area contributed by atoms with Crippen molar-refractivity contribution in [2.24, 2.45) is 0 Å². The Labute approximate surface area is 283 Å². The van der Waals surface area contributed by atoms with Crippen molar-refractivity contribution in [3.8, 4) is 11.5 Å². The number of likely N-dealkylation sites (N-methyl/N-ethyl adjacent to an activating group) is 1. The van der Waals surface area contributed by atoms with Gasteiger partial charge in [0.15, 0.2) is 23.9 Å². The lowest BCUT2D eigenvalue weighted by molar-refractivity contribution is -0.377. The zero-order valence-electron chi connectivity index (χ0n) is 26.1. The number of hydrogen-bond acceptors (Lipinski definition) is 9. The number of halogens is 2. The van der Waals surface area contributed by atoms with Crippen LogP contribution >= 0.6 is 34.5 Å². The van der Waals surface area contributed by atoms with Gasteiger partial charge in [0.2, 0.25) is 0 Å². The molecule has 3 N–H and O–H groups in total. The van der Waals surface area contributed by atoms with E-state index >= 15 is 0 Å². The molecule has 46 heavy (non-hydrogen) atoms. The molecule has 4 rings (SSSR count). The molecular weight excluding hydrogens is 649 g/mol. The number of rotatable bonds is 16. The number of H-pyrrole nitrogens is 1. The van der Waals surface area contributed by atoms with E-state index in [4.69, 9.17) is 42.1 Å². The number of ether oxygens (including phenoxy) is 4. The predicted octanol–water partition coefficient (Wildman–Crippen LogP) is 6.40. The summed E-state index contributed by atoms with van der Waals surface area (Å²) in [5.41, 5.74) is 2.10. The third kappa shape index (κ3) is 9.20. The van der Waals surface area contributed by atoms with Crippen LogP contribution < -0.4 is 25.1 Å². The predicted molar refractivity (Wildman–Crippen MR) is 179 cm³/mol. The fourth-order valence-corrected chi connectivity index (χ4v) is 6.20. The number of pyridine rings is 1. The molecule has 2 aromatic carbocycles. The Bertz CT molecular complexity index is 1580. The van der Waals surface area contributed by atoms with Crippen molar-refractivity contribution in [3.63, 3.8) is 0 Å². The molecule has 0 saturated heterocycles. The SMILES string of the molecule is CC[C@@H](CNC)OC(=O)C(NCc1ccc(C(=O)O[C@@H](Cc2c(Cl)c[nH+]cc2Cl)c2ccc(OC)c(OC)c2)s1)c1ccccc1. The summed E-state index contributed by atoms with van der Waals surface area (Å²) in [7, 11) is 4.91. The second-order valence-corrected chi connectivity index (χ2v) is 12.3. The molecule has 0 radical (unpaired) electrons. The van der Waals surface area contributed by atoms with Crippen LogP contribution in [0, 0.1) is 0 Å². The highest BCUT2D eigenvalue weighted by Gasteiger charge is 2.27. The maximum atomic E-state index is 13.5. The number of hydrogen-bond donors (Lipinski definition) is 2. The van der Waals surface area contributed by atoms with Gasteiger partial charge in [-0.1, -0.05) is 66.5 Å². The van der Waals surface area contributed by atoms with Crippen LogP contribution in [-0.4, -0.2) is 45.9 Å². The lowest BCUT2D eigenvalue weighted by Gasteiger charge is -2.22. The highest BCUT2D eigenvalue weighted by atomic mass is 35.5. The van der Waals surface area contributed by atoms with E-state index in [2.05, 4.69) is 15.6 Å². The van der Waals surface area contributed by atoms with Crippen molar-refractivity contribution in [1.82, 2.24) is 10.6 Å². The molecule has 2 aromatic heterocycles. The Kier molecular flexibility index (Phi) is 13.2. The lowest BCUT2D eigenvalue weighted by atomic mass is 10.0. The normalized spacial score (nSPS) is 13.0. The molecular formula is C34H38Cl2N3O6S+. The Hall–Kier alpha value is -3.67. The molecule has 0 aliphatic rings. The van der Waals surface area contributed by atoms with Crippen LogP contribution in [0.1, 0.15) is 56.7 Å². The standard InChI is InChI=1S/C34H37Cl2N3O6S/c1-5-23(17-37-2)44-34(41)32(21-9-7-6-8-10-21)39-18-24-12-14-31(46-24)33(40)45-29(16-25-26(35)19-38-20-27(25)36)22-11-13-28(42-3)30(15-22)43-4/h6-15,19-20,23,29,32,37,39H,5,16-18H2,1-4H3/p+1/t23-,29-,32?/m0/s1. The maximum Gasteiger partial charge on any atom is 0.348 e. The first-order valence-electron chi connectivity index (χ1n) is 14.8. The smallest absolute Gasteiger partial charge is 0.348 e. The zero-order chi connectivity index (χ0) is 33.1. The summed E-state index contributed by atoms with van der Waals surface area (Å²) < 4.78 is 22.8. The first-order chi connectivity index (χ1) is 22.3. The van der Waals surface area contributed by atoms with Crippen LogP contribution in [0.5, 0.6) is 11.5 Å². The Morgan fingerprint density at radius 2 is 1.63 bits per heavy atom. The van der Waals surface area contributed by atoms with Crippen molar-refractivity contribution >= 4 is 46.5 Å². The number of nitrogens with one attached hydrogen (secondary N) is 3. The first kappa shape index (κ1) is 35.2. The van der Waals surface area contributed by atoms with Gasteiger partial charge in [0.05, 0.1) is 14.2 Å². The van der Waals surface area contributed by atoms with Crippen LogP contribution in [0.15, 0.2) is 73.1 Å². The minimum absolute atomic E-state index is 0.223. The number of methoxy groups -OCH3 is 2. The molecule has 2 heterocycles. The van der Waals surface area contributed by atoms with Crippen LogP contribution in [0.2, 0.25) is 10.0 Å². The van der Waals surface area contributed by atoms with Crippen molar-refractivity contribution in [3.05, 3.63) is 110 Å². The van der Waals surface area contributed by atoms with Crippen molar-refractivity contribution in [1.29, 1.82) is 0 Å². The van der Waals surface area contributed by atoms with E-state index in [0.717, 1.165) is 10.4 Å². The van der Waals surface area contributed by atoms with Gasteiger partial charge in [0.1, 0.15) is 33.2 Å². The van der Waals surface area contributed by atoms with Gasteiger partial charge < -0.3 is 24.3 Å². The molecule has 244 valence electrons. The Balaban J connectivity index is 1.52. The summed E-state index contributed by atoms with van der Waals surface area (Å²) in [4.78, 5) is 30.9. The van der Waals surface area contributed by atoms with Crippen LogP contribution in [0.25, 0.3) is 0 Å². The molecule has 0 amide bonds. The summed E-state index contributed by atoms with van der Waals surface area (Å²) in [5.74, 6) is 0.162. The minimum Gasteiger partial charge on any atom is -0.493 e. The molecule has 0 bridgehead atoms. The number of aromatic amines is 1. The van der Waals surface area contributed by atoms with E-state index in [-0.39, 0.29) is 18.5 Å². The van der Waals surface area contributed by atoms with E-state index in [9.17, 15) is 9.59 Å². The van der Waals surface area contributed by atoms with Crippen LogP contribution in [0.4, 0.5) is 0 Å². The summed E-state index contributed by atoms with van der Waals surface area (Å²) in [5, 5.41) is 7.21. The van der Waals surface area contributed by atoms with Gasteiger partial charge in [-0.15, -0.1) is 11.3 Å². The minimum atomic E-state index is -0.741. The third-order valence-corrected chi connectivity index (χ3v) is 9.04. The first-order valence-corrected chi connectivity index (χ1v) is 16.3. The summed E-state index contributed by atoms with van der Waals surface area (Å²) >= 11 is 14.2. The molecule has 1 unspecified atom stereocenters. The van der Waals surface area contributed by atoms with Gasteiger partial charge in [-0.2, -0.15) is 0 Å². The van der Waals surface area contributed by atoms with Gasteiger partial charge in [-0.25, -0.2) is 14.6 Å². The van der Waals surface area contributed by atoms with Gasteiger partial charge in [-0.3, -0.25) is 5.32 Å². The molecule has 0 aliphatic heterocycles. The zero-order valence-corrected chi connectivity index (χ0v) is 28.4. The topological polar surface area (TPSA) is 109 Å². The molecule has 4 aromatic rings. The number of benzene rings is 2. The molecule has 9 nitrogen and oxygen atoms in total. The lowest BCUT2D eigenvalue weighted by Crippen LogP contribution is -2.35. The summed E-state index contributed by atoms with van der Waals surface area (Å²) in [6.45, 7) is 2.87. The van der Waals surface area contributed by atoms with Crippen molar-refractivity contribution in [2.45, 2.75) is 44.6 Å². The van der Waals surface area contributed by atoms with Crippen molar-refractivity contribution < 1.29 is 33.5 Å². The highest BCUT2D eigenvalue weighted by Crippen LogP contribution is 2.35. The Morgan fingerprint density at radius 1 is 0.913 bits per heavy atom.